The van der Waals surface area contributed by atoms with Gasteiger partial charge < -0.3 is 19.7 Å². The third-order valence-electron chi connectivity index (χ3n) is 5.49. The molecule has 2 amide bonds. The molecule has 1 N–H and O–H groups in total. The molecule has 3 rings (SSSR count). The van der Waals surface area contributed by atoms with Crippen molar-refractivity contribution in [3.05, 3.63) is 12.2 Å². The van der Waals surface area contributed by atoms with E-state index in [4.69, 9.17) is 0 Å². The van der Waals surface area contributed by atoms with Crippen molar-refractivity contribution in [3.8, 4) is 0 Å². The number of likely N-dealkylation sites (tertiary alicyclic amines) is 2. The highest BCUT2D eigenvalue weighted by molar-refractivity contribution is 5.74. The zero-order chi connectivity index (χ0) is 17.6. The number of nitrogens with zero attached hydrogens (tertiary/aromatic N) is 5. The Kier molecular flexibility index (Phi) is 6.29. The maximum atomic E-state index is 12.7. The predicted octanol–water partition coefficient (Wildman–Crippen LogP) is 2.17. The molecule has 0 radical (unpaired) electrons. The highest BCUT2D eigenvalue weighted by Crippen LogP contribution is 2.20. The van der Waals surface area contributed by atoms with Crippen LogP contribution in [0.15, 0.2) is 6.33 Å². The summed E-state index contributed by atoms with van der Waals surface area (Å²) in [6.07, 6.45) is 9.39. The monoisotopic (exact) mass is 348 g/mol. The summed E-state index contributed by atoms with van der Waals surface area (Å²) in [6, 6.07) is -0.109. The van der Waals surface area contributed by atoms with Crippen LogP contribution in [0.25, 0.3) is 0 Å². The number of piperidine rings is 1. The summed E-state index contributed by atoms with van der Waals surface area (Å²) in [5.74, 6) is 1.38. The summed E-state index contributed by atoms with van der Waals surface area (Å²) in [4.78, 5) is 17.2. The average molecular weight is 348 g/mol. The summed E-state index contributed by atoms with van der Waals surface area (Å²) >= 11 is 0. The summed E-state index contributed by atoms with van der Waals surface area (Å²) in [5, 5.41) is 11.1. The predicted molar refractivity (Wildman–Crippen MR) is 97.2 cm³/mol. The molecule has 0 aliphatic carbocycles. The fourth-order valence-corrected chi connectivity index (χ4v) is 4.11. The van der Waals surface area contributed by atoms with Crippen LogP contribution in [0.3, 0.4) is 0 Å². The molecular weight excluding hydrogens is 316 g/mol. The molecular formula is C18H32N6O. The molecule has 2 saturated heterocycles. The molecule has 0 spiro atoms. The Morgan fingerprint density at radius 2 is 2.00 bits per heavy atom. The maximum Gasteiger partial charge on any atom is 0.317 e. The molecule has 0 saturated carbocycles. The van der Waals surface area contributed by atoms with Gasteiger partial charge in [0.2, 0.25) is 0 Å². The van der Waals surface area contributed by atoms with Crippen molar-refractivity contribution >= 4 is 6.03 Å². The van der Waals surface area contributed by atoms with Gasteiger partial charge in [0.1, 0.15) is 6.33 Å². The SMILES string of the molecule is C[C@H](NC(=O)N1CCC[C@@H](CN2CCCCCC2)C1)c1nncn1C. The van der Waals surface area contributed by atoms with Crippen LogP contribution in [-0.4, -0.2) is 63.3 Å². The Bertz CT molecular complexity index is 552. The van der Waals surface area contributed by atoms with Crippen LogP contribution in [0.2, 0.25) is 0 Å². The number of urea groups is 1. The molecule has 1 aromatic heterocycles. The molecule has 25 heavy (non-hydrogen) atoms. The summed E-state index contributed by atoms with van der Waals surface area (Å²) in [7, 11) is 1.90. The van der Waals surface area contributed by atoms with Gasteiger partial charge in [-0.15, -0.1) is 10.2 Å². The highest BCUT2D eigenvalue weighted by atomic mass is 16.2. The molecule has 7 nitrogen and oxygen atoms in total. The minimum Gasteiger partial charge on any atom is -0.328 e. The molecule has 2 aliphatic rings. The van der Waals surface area contributed by atoms with Gasteiger partial charge in [0.05, 0.1) is 6.04 Å². The molecule has 2 aliphatic heterocycles. The van der Waals surface area contributed by atoms with Crippen molar-refractivity contribution in [2.24, 2.45) is 13.0 Å². The zero-order valence-corrected chi connectivity index (χ0v) is 15.7. The number of hydrogen-bond acceptors (Lipinski definition) is 4. The molecule has 7 heteroatoms. The standard InChI is InChI=1S/C18H32N6O/c1-15(17-21-19-14-22(17)2)20-18(25)24-11-7-8-16(13-24)12-23-9-5-3-4-6-10-23/h14-16H,3-13H2,1-2H3,(H,20,25)/t15-,16-/m0/s1. The lowest BCUT2D eigenvalue weighted by Crippen LogP contribution is -2.48. The Hall–Kier alpha value is -1.63. The van der Waals surface area contributed by atoms with Gasteiger partial charge in [-0.1, -0.05) is 12.8 Å². The normalized spacial score (nSPS) is 23.9. The van der Waals surface area contributed by atoms with E-state index in [0.717, 1.165) is 31.9 Å². The quantitative estimate of drug-likeness (QED) is 0.906. The van der Waals surface area contributed by atoms with Crippen LogP contribution in [-0.2, 0) is 7.05 Å². The number of nitrogens with one attached hydrogen (secondary N) is 1. The number of rotatable bonds is 4. The first-order chi connectivity index (χ1) is 12.1. The highest BCUT2D eigenvalue weighted by Gasteiger charge is 2.26. The second-order valence-electron chi connectivity index (χ2n) is 7.64. The molecule has 3 heterocycles. The minimum absolute atomic E-state index is 0.0241. The third kappa shape index (κ3) is 4.93. The Morgan fingerprint density at radius 1 is 1.24 bits per heavy atom. The van der Waals surface area contributed by atoms with Gasteiger partial charge in [-0.2, -0.15) is 0 Å². The van der Waals surface area contributed by atoms with E-state index in [-0.39, 0.29) is 12.1 Å². The van der Waals surface area contributed by atoms with Gasteiger partial charge in [0.15, 0.2) is 5.82 Å². The van der Waals surface area contributed by atoms with E-state index in [9.17, 15) is 4.79 Å². The first-order valence-corrected chi connectivity index (χ1v) is 9.75. The van der Waals surface area contributed by atoms with Gasteiger partial charge in [-0.3, -0.25) is 0 Å². The van der Waals surface area contributed by atoms with Crippen LogP contribution in [0.1, 0.15) is 57.3 Å². The zero-order valence-electron chi connectivity index (χ0n) is 15.7. The second-order valence-corrected chi connectivity index (χ2v) is 7.64. The van der Waals surface area contributed by atoms with Gasteiger partial charge in [0, 0.05) is 26.7 Å². The Morgan fingerprint density at radius 3 is 2.68 bits per heavy atom. The largest absolute Gasteiger partial charge is 0.328 e. The van der Waals surface area contributed by atoms with Gasteiger partial charge in [-0.25, -0.2) is 4.79 Å². The van der Waals surface area contributed by atoms with E-state index in [0.29, 0.717) is 5.92 Å². The Balaban J connectivity index is 1.50. The fraction of sp³-hybridized carbons (Fsp3) is 0.833. The number of aromatic nitrogens is 3. The van der Waals surface area contributed by atoms with Crippen molar-refractivity contribution in [1.29, 1.82) is 0 Å². The van der Waals surface area contributed by atoms with Crippen molar-refractivity contribution in [2.75, 3.05) is 32.7 Å². The summed E-state index contributed by atoms with van der Waals surface area (Å²) in [5.41, 5.74) is 0. The first-order valence-electron chi connectivity index (χ1n) is 9.75. The lowest BCUT2D eigenvalue weighted by molar-refractivity contribution is 0.138. The van der Waals surface area contributed by atoms with E-state index in [1.165, 1.54) is 45.2 Å². The fourth-order valence-electron chi connectivity index (χ4n) is 4.11. The van der Waals surface area contributed by atoms with E-state index >= 15 is 0 Å². The number of carbonyl (C=O) groups excluding carboxylic acids is 1. The lowest BCUT2D eigenvalue weighted by Gasteiger charge is -2.36. The van der Waals surface area contributed by atoms with E-state index in [1.54, 1.807) is 6.33 Å². The van der Waals surface area contributed by atoms with Gasteiger partial charge in [0.25, 0.3) is 0 Å². The molecule has 2 atom stereocenters. The van der Waals surface area contributed by atoms with Crippen molar-refractivity contribution < 1.29 is 4.79 Å². The average Bonchev–Trinajstić information content (AvgIpc) is 2.87. The van der Waals surface area contributed by atoms with Crippen molar-refractivity contribution in [3.63, 3.8) is 0 Å². The van der Waals surface area contributed by atoms with Gasteiger partial charge in [-0.05, 0) is 51.6 Å². The summed E-state index contributed by atoms with van der Waals surface area (Å²) < 4.78 is 1.85. The van der Waals surface area contributed by atoms with Crippen LogP contribution in [0, 0.1) is 5.92 Å². The van der Waals surface area contributed by atoms with Gasteiger partial charge >= 0.3 is 6.03 Å². The Labute approximate surface area is 150 Å². The minimum atomic E-state index is -0.133. The number of aryl methyl sites for hydroxylation is 1. The topological polar surface area (TPSA) is 66.3 Å². The first kappa shape index (κ1) is 18.2. The number of amides is 2. The second kappa shape index (κ2) is 8.65. The summed E-state index contributed by atoms with van der Waals surface area (Å²) in [6.45, 7) is 7.28. The lowest BCUT2D eigenvalue weighted by atomic mass is 9.97. The molecule has 140 valence electrons. The van der Waals surface area contributed by atoms with Crippen LogP contribution in [0.4, 0.5) is 4.79 Å². The number of hydrogen-bond donors (Lipinski definition) is 1. The smallest absolute Gasteiger partial charge is 0.317 e. The molecule has 2 fully saturated rings. The van der Waals surface area contributed by atoms with Crippen LogP contribution < -0.4 is 5.32 Å². The maximum absolute atomic E-state index is 12.7. The third-order valence-corrected chi connectivity index (χ3v) is 5.49. The number of carbonyl (C=O) groups is 1. The van der Waals surface area contributed by atoms with E-state index in [1.807, 2.05) is 23.4 Å². The molecule has 0 bridgehead atoms. The van der Waals surface area contributed by atoms with Crippen molar-refractivity contribution in [1.82, 2.24) is 29.9 Å². The van der Waals surface area contributed by atoms with E-state index in [2.05, 4.69) is 20.4 Å². The van der Waals surface area contributed by atoms with Crippen molar-refractivity contribution in [2.45, 2.75) is 51.5 Å². The van der Waals surface area contributed by atoms with Crippen LogP contribution in [0.5, 0.6) is 0 Å². The van der Waals surface area contributed by atoms with Crippen LogP contribution >= 0.6 is 0 Å². The van der Waals surface area contributed by atoms with E-state index < -0.39 is 0 Å². The molecule has 0 aromatic carbocycles. The molecule has 0 unspecified atom stereocenters. The molecule has 1 aromatic rings.